The Morgan fingerprint density at radius 3 is 2.57 bits per heavy atom. The molecule has 0 fully saturated rings. The van der Waals surface area contributed by atoms with Crippen LogP contribution in [0.2, 0.25) is 0 Å². The van der Waals surface area contributed by atoms with E-state index in [0.717, 1.165) is 25.7 Å². The SMILES string of the molecule is Cc1c2c(c(NCN=[S@](N)(=O)c3cnn4c3O[C@@H](C)C4)c3c1CCC3)CCC2. The molecule has 2 heterocycles. The number of nitrogens with zero attached hydrogens (tertiary/aromatic N) is 3. The number of nitrogens with two attached hydrogens (primary N) is 1. The maximum Gasteiger partial charge on any atom is 0.231 e. The lowest BCUT2D eigenvalue weighted by molar-refractivity contribution is 0.248. The smallest absolute Gasteiger partial charge is 0.231 e. The second-order valence-electron chi connectivity index (χ2n) is 8.08. The van der Waals surface area contributed by atoms with Gasteiger partial charge in [0.05, 0.1) is 12.7 Å². The molecule has 3 aliphatic rings. The third-order valence-electron chi connectivity index (χ3n) is 6.27. The third kappa shape index (κ3) is 2.73. The fraction of sp³-hybridized carbons (Fsp3) is 0.550. The van der Waals surface area contributed by atoms with Gasteiger partial charge in [0.2, 0.25) is 5.88 Å². The summed E-state index contributed by atoms with van der Waals surface area (Å²) in [5.74, 6) is 0.487. The van der Waals surface area contributed by atoms with E-state index in [0.29, 0.717) is 17.3 Å². The van der Waals surface area contributed by atoms with Gasteiger partial charge in [-0.25, -0.2) is 14.0 Å². The molecule has 0 spiro atoms. The lowest BCUT2D eigenvalue weighted by Gasteiger charge is -2.19. The molecular formula is C20H27N5O2S. The van der Waals surface area contributed by atoms with Crippen LogP contribution in [0.25, 0.3) is 0 Å². The summed E-state index contributed by atoms with van der Waals surface area (Å²) in [6.45, 7) is 5.09. The number of fused-ring (bicyclic) bond motifs is 3. The van der Waals surface area contributed by atoms with E-state index in [1.54, 1.807) is 4.68 Å². The number of hydrogen-bond acceptors (Lipinski definition) is 5. The van der Waals surface area contributed by atoms with Crippen LogP contribution in [-0.2, 0) is 42.1 Å². The van der Waals surface area contributed by atoms with Crippen molar-refractivity contribution in [1.29, 1.82) is 0 Å². The van der Waals surface area contributed by atoms with Gasteiger partial charge >= 0.3 is 0 Å². The van der Waals surface area contributed by atoms with E-state index in [1.807, 2.05) is 6.92 Å². The summed E-state index contributed by atoms with van der Waals surface area (Å²) in [6.07, 6.45) is 8.46. The van der Waals surface area contributed by atoms with Crippen molar-refractivity contribution in [2.24, 2.45) is 9.50 Å². The van der Waals surface area contributed by atoms with Crippen molar-refractivity contribution in [1.82, 2.24) is 9.78 Å². The zero-order chi connectivity index (χ0) is 19.5. The first kappa shape index (κ1) is 18.0. The maximum atomic E-state index is 13.1. The molecule has 0 unspecified atom stereocenters. The molecule has 150 valence electrons. The Morgan fingerprint density at radius 1 is 1.25 bits per heavy atom. The van der Waals surface area contributed by atoms with E-state index in [9.17, 15) is 4.21 Å². The molecular weight excluding hydrogens is 374 g/mol. The van der Waals surface area contributed by atoms with E-state index in [2.05, 4.69) is 21.7 Å². The number of anilines is 1. The van der Waals surface area contributed by atoms with Gasteiger partial charge in [0.1, 0.15) is 27.6 Å². The molecule has 2 aliphatic carbocycles. The highest BCUT2D eigenvalue weighted by atomic mass is 32.2. The Hall–Kier alpha value is -2.06. The van der Waals surface area contributed by atoms with Gasteiger partial charge in [0, 0.05) is 5.69 Å². The average molecular weight is 402 g/mol. The standard InChI is InChI=1S/C20H27N5O2S/c1-12-10-25-20(27-12)18(9-23-25)28(21,26)24-11-22-19-16-7-3-5-14(16)13(2)15-6-4-8-17(15)19/h9,12,22H,3-8,10-11H2,1-2H3,(H2,21,24,26)/t12-,28-/m0/s1. The van der Waals surface area contributed by atoms with Gasteiger partial charge in [-0.15, -0.1) is 0 Å². The van der Waals surface area contributed by atoms with Gasteiger partial charge < -0.3 is 10.1 Å². The lowest BCUT2D eigenvalue weighted by Crippen LogP contribution is -2.17. The van der Waals surface area contributed by atoms with Gasteiger partial charge in [-0.2, -0.15) is 9.46 Å². The molecule has 2 aromatic rings. The zero-order valence-corrected chi connectivity index (χ0v) is 17.3. The third-order valence-corrected chi connectivity index (χ3v) is 7.70. The molecule has 3 N–H and O–H groups in total. The number of benzene rings is 1. The zero-order valence-electron chi connectivity index (χ0n) is 16.5. The number of hydrogen-bond donors (Lipinski definition) is 2. The molecule has 2 atom stereocenters. The molecule has 5 rings (SSSR count). The maximum absolute atomic E-state index is 13.1. The van der Waals surface area contributed by atoms with Crippen molar-refractivity contribution in [3.63, 3.8) is 0 Å². The predicted molar refractivity (Wildman–Crippen MR) is 109 cm³/mol. The van der Waals surface area contributed by atoms with E-state index >= 15 is 0 Å². The Morgan fingerprint density at radius 2 is 1.89 bits per heavy atom. The number of rotatable bonds is 4. The summed E-state index contributed by atoms with van der Waals surface area (Å²) in [4.78, 5) is 0.387. The summed E-state index contributed by atoms with van der Waals surface area (Å²) < 4.78 is 24.8. The molecule has 0 amide bonds. The van der Waals surface area contributed by atoms with E-state index in [-0.39, 0.29) is 12.8 Å². The van der Waals surface area contributed by atoms with Crippen LogP contribution in [0.15, 0.2) is 15.5 Å². The first-order valence-corrected chi connectivity index (χ1v) is 11.7. The summed E-state index contributed by atoms with van der Waals surface area (Å²) in [5, 5.41) is 13.8. The summed E-state index contributed by atoms with van der Waals surface area (Å²) in [7, 11) is -3.07. The molecule has 0 saturated carbocycles. The molecule has 0 radical (unpaired) electrons. The van der Waals surface area contributed by atoms with Gasteiger partial charge in [-0.05, 0) is 80.2 Å². The average Bonchev–Trinajstić information content (AvgIpc) is 3.39. The van der Waals surface area contributed by atoms with Crippen molar-refractivity contribution in [2.75, 3.05) is 12.0 Å². The highest BCUT2D eigenvalue weighted by Gasteiger charge is 2.29. The van der Waals surface area contributed by atoms with Crippen LogP contribution in [-0.4, -0.2) is 26.8 Å². The number of ether oxygens (including phenoxy) is 1. The molecule has 1 aliphatic heterocycles. The van der Waals surface area contributed by atoms with Crippen molar-refractivity contribution < 1.29 is 8.95 Å². The van der Waals surface area contributed by atoms with Crippen molar-refractivity contribution in [3.8, 4) is 5.88 Å². The Bertz CT molecular complexity index is 1050. The largest absolute Gasteiger partial charge is 0.472 e. The first-order chi connectivity index (χ1) is 13.5. The Labute approximate surface area is 166 Å². The van der Waals surface area contributed by atoms with Crippen molar-refractivity contribution in [3.05, 3.63) is 34.0 Å². The van der Waals surface area contributed by atoms with Gasteiger partial charge in [-0.1, -0.05) is 0 Å². The van der Waals surface area contributed by atoms with Crippen molar-refractivity contribution in [2.45, 2.75) is 69.9 Å². The molecule has 28 heavy (non-hydrogen) atoms. The lowest BCUT2D eigenvalue weighted by atomic mass is 9.93. The fourth-order valence-corrected chi connectivity index (χ4v) is 6.00. The van der Waals surface area contributed by atoms with Crippen LogP contribution in [0.1, 0.15) is 47.6 Å². The highest BCUT2D eigenvalue weighted by molar-refractivity contribution is 7.91. The summed E-state index contributed by atoms with van der Waals surface area (Å²) in [5.41, 5.74) is 8.59. The second kappa shape index (κ2) is 6.49. The van der Waals surface area contributed by atoms with Crippen LogP contribution >= 0.6 is 0 Å². The molecule has 0 bridgehead atoms. The van der Waals surface area contributed by atoms with E-state index < -0.39 is 9.92 Å². The van der Waals surface area contributed by atoms with Crippen LogP contribution in [0.5, 0.6) is 5.88 Å². The minimum atomic E-state index is -3.07. The molecule has 0 saturated heterocycles. The van der Waals surface area contributed by atoms with Gasteiger partial charge in [0.25, 0.3) is 0 Å². The highest BCUT2D eigenvalue weighted by Crippen LogP contribution is 2.41. The normalized spacial score (nSPS) is 21.6. The second-order valence-corrected chi connectivity index (χ2v) is 9.91. The summed E-state index contributed by atoms with van der Waals surface area (Å²) >= 11 is 0. The van der Waals surface area contributed by atoms with Crippen LogP contribution in [0.3, 0.4) is 0 Å². The van der Waals surface area contributed by atoms with E-state index in [4.69, 9.17) is 9.88 Å². The van der Waals surface area contributed by atoms with E-state index in [1.165, 1.54) is 52.5 Å². The minimum absolute atomic E-state index is 0.00788. The van der Waals surface area contributed by atoms with Gasteiger partial charge in [0.15, 0.2) is 0 Å². The van der Waals surface area contributed by atoms with Crippen LogP contribution in [0.4, 0.5) is 5.69 Å². The summed E-state index contributed by atoms with van der Waals surface area (Å²) in [6, 6.07) is 0. The van der Waals surface area contributed by atoms with Crippen molar-refractivity contribution >= 4 is 15.6 Å². The number of aromatic nitrogens is 2. The number of nitrogens with one attached hydrogen (secondary N) is 1. The molecule has 1 aromatic heterocycles. The minimum Gasteiger partial charge on any atom is -0.472 e. The topological polar surface area (TPSA) is 94.5 Å². The monoisotopic (exact) mass is 401 g/mol. The fourth-order valence-electron chi connectivity index (χ4n) is 5.00. The predicted octanol–water partition coefficient (Wildman–Crippen LogP) is 2.72. The van der Waals surface area contributed by atoms with Crippen LogP contribution < -0.4 is 15.2 Å². The molecule has 1 aromatic carbocycles. The van der Waals surface area contributed by atoms with Crippen LogP contribution in [0, 0.1) is 6.92 Å². The first-order valence-electron chi connectivity index (χ1n) is 10.1. The Balaban J connectivity index is 1.44. The van der Waals surface area contributed by atoms with Gasteiger partial charge in [-0.3, -0.25) is 0 Å². The quantitative estimate of drug-likeness (QED) is 0.824. The Kier molecular flexibility index (Phi) is 4.17. The molecule has 7 nitrogen and oxygen atoms in total. The molecule has 8 heteroatoms.